The van der Waals surface area contributed by atoms with E-state index < -0.39 is 10.0 Å². The highest BCUT2D eigenvalue weighted by molar-refractivity contribution is 7.89. The van der Waals surface area contributed by atoms with Crippen molar-refractivity contribution in [2.24, 2.45) is 5.14 Å². The molecule has 0 radical (unpaired) electrons. The van der Waals surface area contributed by atoms with E-state index in [1.807, 2.05) is 18.2 Å². The number of hydrogen-bond acceptors (Lipinski definition) is 9. The van der Waals surface area contributed by atoms with Crippen LogP contribution in [-0.4, -0.2) is 42.6 Å². The SMILES string of the molecule is Nc1ccc(-c2ccc3cnc(Nc4ccc(S(N)(=O)=O)cc4)nc3c2OC2CCNCC2)cn1. The number of hydrogen-bond donors (Lipinski definition) is 4. The molecule has 1 aliphatic heterocycles. The third-order valence-corrected chi connectivity index (χ3v) is 6.74. The molecule has 0 bridgehead atoms. The number of sulfonamides is 1. The van der Waals surface area contributed by atoms with Crippen molar-refractivity contribution in [2.45, 2.75) is 23.8 Å². The lowest BCUT2D eigenvalue weighted by Crippen LogP contribution is -2.34. The topological polar surface area (TPSA) is 158 Å². The van der Waals surface area contributed by atoms with Crippen LogP contribution in [0.2, 0.25) is 0 Å². The largest absolute Gasteiger partial charge is 0.487 e. The van der Waals surface area contributed by atoms with Gasteiger partial charge in [0.05, 0.1) is 4.90 Å². The number of anilines is 3. The monoisotopic (exact) mass is 491 g/mol. The maximum absolute atomic E-state index is 11.5. The van der Waals surface area contributed by atoms with E-state index in [9.17, 15) is 8.42 Å². The second kappa shape index (κ2) is 9.45. The fourth-order valence-electron chi connectivity index (χ4n) is 3.98. The summed E-state index contributed by atoms with van der Waals surface area (Å²) in [7, 11) is -3.77. The van der Waals surface area contributed by atoms with Crippen LogP contribution in [0.3, 0.4) is 0 Å². The Bertz CT molecular complexity index is 1450. The first-order chi connectivity index (χ1) is 16.9. The van der Waals surface area contributed by atoms with Crippen LogP contribution in [0.25, 0.3) is 22.0 Å². The van der Waals surface area contributed by atoms with E-state index in [1.54, 1.807) is 30.6 Å². The van der Waals surface area contributed by atoms with Crippen LogP contribution in [0.15, 0.2) is 65.8 Å². The highest BCUT2D eigenvalue weighted by Crippen LogP contribution is 2.37. The van der Waals surface area contributed by atoms with Crippen LogP contribution in [0.1, 0.15) is 12.8 Å². The summed E-state index contributed by atoms with van der Waals surface area (Å²) in [6.45, 7) is 1.79. The molecule has 1 saturated heterocycles. The van der Waals surface area contributed by atoms with Crippen LogP contribution < -0.4 is 26.2 Å². The van der Waals surface area contributed by atoms with E-state index in [4.69, 9.17) is 20.6 Å². The second-order valence-electron chi connectivity index (χ2n) is 8.31. The average Bonchev–Trinajstić information content (AvgIpc) is 2.85. The summed E-state index contributed by atoms with van der Waals surface area (Å²) >= 11 is 0. The first kappa shape index (κ1) is 23.0. The van der Waals surface area contributed by atoms with Gasteiger partial charge in [-0.2, -0.15) is 0 Å². The van der Waals surface area contributed by atoms with Gasteiger partial charge in [-0.3, -0.25) is 0 Å². The summed E-state index contributed by atoms with van der Waals surface area (Å²) in [4.78, 5) is 13.4. The summed E-state index contributed by atoms with van der Waals surface area (Å²) in [5.74, 6) is 1.46. The number of nitrogens with one attached hydrogen (secondary N) is 2. The first-order valence-corrected chi connectivity index (χ1v) is 12.7. The molecule has 1 aliphatic rings. The molecule has 0 amide bonds. The minimum atomic E-state index is -3.77. The van der Waals surface area contributed by atoms with Crippen LogP contribution >= 0.6 is 0 Å². The highest BCUT2D eigenvalue weighted by Gasteiger charge is 2.20. The Morgan fingerprint density at radius 3 is 2.43 bits per heavy atom. The maximum Gasteiger partial charge on any atom is 0.238 e. The number of ether oxygens (including phenoxy) is 1. The van der Waals surface area contributed by atoms with Crippen LogP contribution in [0.4, 0.5) is 17.5 Å². The molecule has 0 atom stereocenters. The Morgan fingerprint density at radius 1 is 0.971 bits per heavy atom. The predicted octanol–water partition coefficient (Wildman–Crippen LogP) is 2.80. The number of nitrogens with two attached hydrogens (primary N) is 2. The number of primary sulfonamides is 1. The van der Waals surface area contributed by atoms with Gasteiger partial charge in [0.15, 0.2) is 5.75 Å². The van der Waals surface area contributed by atoms with Crippen molar-refractivity contribution in [1.82, 2.24) is 20.3 Å². The molecule has 180 valence electrons. The van der Waals surface area contributed by atoms with Crippen LogP contribution in [0, 0.1) is 0 Å². The van der Waals surface area contributed by atoms with Gasteiger partial charge in [-0.1, -0.05) is 6.07 Å². The van der Waals surface area contributed by atoms with Gasteiger partial charge < -0.3 is 21.1 Å². The zero-order valence-corrected chi connectivity index (χ0v) is 19.6. The Labute approximate surface area is 202 Å². The van der Waals surface area contributed by atoms with Gasteiger partial charge in [-0.15, -0.1) is 0 Å². The lowest BCUT2D eigenvalue weighted by atomic mass is 10.0. The number of rotatable bonds is 6. The zero-order chi connectivity index (χ0) is 24.4. The van der Waals surface area contributed by atoms with Crippen molar-refractivity contribution in [2.75, 3.05) is 24.1 Å². The van der Waals surface area contributed by atoms with Crippen LogP contribution in [0.5, 0.6) is 5.75 Å². The first-order valence-electron chi connectivity index (χ1n) is 11.2. The lowest BCUT2D eigenvalue weighted by molar-refractivity contribution is 0.165. The molecule has 4 aromatic rings. The summed E-state index contributed by atoms with van der Waals surface area (Å²) < 4.78 is 29.6. The van der Waals surface area contributed by atoms with E-state index in [1.165, 1.54) is 12.1 Å². The van der Waals surface area contributed by atoms with Crippen LogP contribution in [-0.2, 0) is 10.0 Å². The standard InChI is InChI=1S/C24H25N7O3S/c25-21-8-2-15(13-28-21)20-7-1-16-14-29-24(30-17-3-5-19(6-4-17)35(26,32)33)31-22(16)23(20)34-18-9-11-27-12-10-18/h1-8,13-14,18,27H,9-12H2,(H2,25,28)(H2,26,32,33)(H,29,30,31). The quantitative estimate of drug-likeness (QED) is 0.318. The van der Waals surface area contributed by atoms with Gasteiger partial charge in [-0.25, -0.2) is 28.5 Å². The third kappa shape index (κ3) is 5.16. The van der Waals surface area contributed by atoms with Gasteiger partial charge in [0.1, 0.15) is 17.4 Å². The normalized spacial score (nSPS) is 14.7. The van der Waals surface area contributed by atoms with Gasteiger partial charge in [0.2, 0.25) is 16.0 Å². The van der Waals surface area contributed by atoms with E-state index >= 15 is 0 Å². The average molecular weight is 492 g/mol. The molecule has 35 heavy (non-hydrogen) atoms. The number of pyridine rings is 1. The molecule has 5 rings (SSSR count). The third-order valence-electron chi connectivity index (χ3n) is 5.81. The van der Waals surface area contributed by atoms with Crippen molar-refractivity contribution in [1.29, 1.82) is 0 Å². The minimum absolute atomic E-state index is 0.0295. The molecule has 0 saturated carbocycles. The summed E-state index contributed by atoms with van der Waals surface area (Å²) in [5, 5.41) is 12.5. The van der Waals surface area contributed by atoms with Crippen molar-refractivity contribution in [3.05, 3.63) is 60.9 Å². The molecule has 0 aliphatic carbocycles. The number of aromatic nitrogens is 3. The fourth-order valence-corrected chi connectivity index (χ4v) is 4.50. The van der Waals surface area contributed by atoms with E-state index in [-0.39, 0.29) is 11.0 Å². The Morgan fingerprint density at radius 2 is 1.74 bits per heavy atom. The van der Waals surface area contributed by atoms with Gasteiger partial charge in [0.25, 0.3) is 0 Å². The minimum Gasteiger partial charge on any atom is -0.487 e. The molecule has 0 unspecified atom stereocenters. The fraction of sp³-hybridized carbons (Fsp3) is 0.208. The Balaban J connectivity index is 1.55. The van der Waals surface area contributed by atoms with Crippen molar-refractivity contribution in [3.8, 4) is 16.9 Å². The van der Waals surface area contributed by atoms with E-state index in [2.05, 4.69) is 20.6 Å². The number of fused-ring (bicyclic) bond motifs is 1. The molecule has 11 heteroatoms. The molecule has 1 fully saturated rings. The molecule has 0 spiro atoms. The molecular formula is C24H25N7O3S. The molecule has 10 nitrogen and oxygen atoms in total. The van der Waals surface area contributed by atoms with Gasteiger partial charge >= 0.3 is 0 Å². The molecular weight excluding hydrogens is 466 g/mol. The number of benzene rings is 2. The Hall–Kier alpha value is -3.80. The van der Waals surface area contributed by atoms with Crippen molar-refractivity contribution >= 4 is 38.4 Å². The zero-order valence-electron chi connectivity index (χ0n) is 18.8. The number of nitrogen functional groups attached to an aromatic ring is 1. The molecule has 2 aromatic carbocycles. The van der Waals surface area contributed by atoms with Gasteiger partial charge in [-0.05, 0) is 68.4 Å². The van der Waals surface area contributed by atoms with Crippen molar-refractivity contribution in [3.63, 3.8) is 0 Å². The Kier molecular flexibility index (Phi) is 6.20. The van der Waals surface area contributed by atoms with Crippen molar-refractivity contribution < 1.29 is 13.2 Å². The molecule has 3 heterocycles. The van der Waals surface area contributed by atoms with E-state index in [0.717, 1.165) is 42.4 Å². The summed E-state index contributed by atoms with van der Waals surface area (Å²) in [6, 6.07) is 13.7. The second-order valence-corrected chi connectivity index (χ2v) is 9.87. The lowest BCUT2D eigenvalue weighted by Gasteiger charge is -2.25. The molecule has 2 aromatic heterocycles. The number of piperidine rings is 1. The van der Waals surface area contributed by atoms with E-state index in [0.29, 0.717) is 28.7 Å². The maximum atomic E-state index is 11.5. The predicted molar refractivity (Wildman–Crippen MR) is 135 cm³/mol. The molecule has 6 N–H and O–H groups in total. The number of nitrogens with zero attached hydrogens (tertiary/aromatic N) is 3. The summed E-state index contributed by atoms with van der Waals surface area (Å²) in [6.07, 6.45) is 5.28. The smallest absolute Gasteiger partial charge is 0.238 e. The summed E-state index contributed by atoms with van der Waals surface area (Å²) in [5.41, 5.74) is 8.81. The highest BCUT2D eigenvalue weighted by atomic mass is 32.2. The van der Waals surface area contributed by atoms with Gasteiger partial charge in [0, 0.05) is 34.6 Å².